The van der Waals surface area contributed by atoms with Gasteiger partial charge < -0.3 is 4.74 Å². The van der Waals surface area contributed by atoms with E-state index in [1.807, 2.05) is 0 Å². The minimum Gasteiger partial charge on any atom is -0.469 e. The molecule has 0 radical (unpaired) electrons. The summed E-state index contributed by atoms with van der Waals surface area (Å²) in [4.78, 5) is 11.4. The number of nitrogens with one attached hydrogen (secondary N) is 2. The first-order valence-corrected chi connectivity index (χ1v) is 7.94. The fraction of sp³-hybridized carbons (Fsp3) is 0.417. The van der Waals surface area contributed by atoms with Crippen molar-refractivity contribution in [2.75, 3.05) is 13.7 Å². The van der Waals surface area contributed by atoms with E-state index in [0.717, 1.165) is 6.07 Å². The van der Waals surface area contributed by atoms with Crippen molar-refractivity contribution >= 4 is 27.8 Å². The van der Waals surface area contributed by atoms with Crippen molar-refractivity contribution in [3.8, 4) is 0 Å². The smallest absolute Gasteiger partial charge is 0.307 e. The Bertz CT molecular complexity index is 609. The minimum atomic E-state index is -3.82. The second kappa shape index (κ2) is 7.69. The lowest BCUT2D eigenvalue weighted by atomic mass is 10.0. The Morgan fingerprint density at radius 2 is 2.14 bits per heavy atom. The monoisotopic (exact) mass is 338 g/mol. The summed E-state index contributed by atoms with van der Waals surface area (Å²) in [5.41, 5.74) is 0.267. The molecule has 0 fully saturated rings. The van der Waals surface area contributed by atoms with Gasteiger partial charge >= 0.3 is 5.97 Å². The number of benzene rings is 1. The molecular weight excluding hydrogens is 323 g/mol. The molecule has 0 aromatic heterocycles. The van der Waals surface area contributed by atoms with E-state index in [2.05, 4.69) is 14.2 Å². The van der Waals surface area contributed by atoms with Gasteiger partial charge in [-0.15, -0.1) is 0 Å². The molecule has 1 unspecified atom stereocenters. The highest BCUT2D eigenvalue weighted by Crippen LogP contribution is 2.23. The SMILES string of the molecule is CCNS(=O)(=O)NC(CC(=O)OC)c1ccc(Cl)c(F)c1. The maximum atomic E-state index is 13.5. The van der Waals surface area contributed by atoms with Crippen LogP contribution in [-0.4, -0.2) is 28.0 Å². The first-order chi connectivity index (χ1) is 9.79. The zero-order chi connectivity index (χ0) is 16.0. The summed E-state index contributed by atoms with van der Waals surface area (Å²) < 4.78 is 46.0. The van der Waals surface area contributed by atoms with Crippen molar-refractivity contribution in [1.29, 1.82) is 0 Å². The summed E-state index contributed by atoms with van der Waals surface area (Å²) in [6.45, 7) is 1.78. The van der Waals surface area contributed by atoms with Crippen LogP contribution in [0.4, 0.5) is 4.39 Å². The third-order valence-corrected chi connectivity index (χ3v) is 4.15. The number of halogens is 2. The van der Waals surface area contributed by atoms with Crippen LogP contribution in [0.15, 0.2) is 18.2 Å². The molecule has 1 aromatic rings. The number of methoxy groups -OCH3 is 1. The van der Waals surface area contributed by atoms with Gasteiger partial charge in [0.1, 0.15) is 5.82 Å². The summed E-state index contributed by atoms with van der Waals surface area (Å²) in [5.74, 6) is -1.33. The van der Waals surface area contributed by atoms with E-state index in [1.165, 1.54) is 19.2 Å². The number of esters is 1. The minimum absolute atomic E-state index is 0.0925. The van der Waals surface area contributed by atoms with Crippen molar-refractivity contribution in [2.24, 2.45) is 0 Å². The average Bonchev–Trinajstić information content (AvgIpc) is 2.40. The van der Waals surface area contributed by atoms with E-state index in [-0.39, 0.29) is 23.6 Å². The molecule has 118 valence electrons. The van der Waals surface area contributed by atoms with E-state index in [4.69, 9.17) is 11.6 Å². The molecule has 21 heavy (non-hydrogen) atoms. The summed E-state index contributed by atoms with van der Waals surface area (Å²) in [6.07, 6.45) is -0.276. The van der Waals surface area contributed by atoms with Crippen molar-refractivity contribution in [1.82, 2.24) is 9.44 Å². The Labute approximate surface area is 127 Å². The van der Waals surface area contributed by atoms with Crippen molar-refractivity contribution in [3.63, 3.8) is 0 Å². The molecule has 9 heteroatoms. The molecule has 1 atom stereocenters. The van der Waals surface area contributed by atoms with Crippen LogP contribution in [0.5, 0.6) is 0 Å². The van der Waals surface area contributed by atoms with Gasteiger partial charge in [0.25, 0.3) is 10.2 Å². The predicted octanol–water partition coefficient (Wildman–Crippen LogP) is 1.53. The van der Waals surface area contributed by atoms with Crippen LogP contribution >= 0.6 is 11.6 Å². The van der Waals surface area contributed by atoms with Gasteiger partial charge in [0.2, 0.25) is 0 Å². The van der Waals surface area contributed by atoms with Crippen LogP contribution in [0.3, 0.4) is 0 Å². The molecule has 0 aliphatic carbocycles. The van der Waals surface area contributed by atoms with Gasteiger partial charge in [0, 0.05) is 6.54 Å². The maximum absolute atomic E-state index is 13.5. The summed E-state index contributed by atoms with van der Waals surface area (Å²) >= 11 is 5.58. The maximum Gasteiger partial charge on any atom is 0.307 e. The van der Waals surface area contributed by atoms with Gasteiger partial charge in [0.15, 0.2) is 0 Å². The number of carbonyl (C=O) groups is 1. The molecule has 0 saturated heterocycles. The molecule has 0 amide bonds. The predicted molar refractivity (Wildman–Crippen MR) is 76.5 cm³/mol. The first kappa shape index (κ1) is 17.8. The summed E-state index contributed by atoms with van der Waals surface area (Å²) in [6, 6.07) is 2.84. The van der Waals surface area contributed by atoms with Crippen LogP contribution in [0.1, 0.15) is 24.9 Å². The molecule has 0 bridgehead atoms. The molecule has 6 nitrogen and oxygen atoms in total. The molecule has 2 N–H and O–H groups in total. The molecule has 0 spiro atoms. The van der Waals surface area contributed by atoms with Gasteiger partial charge in [-0.3, -0.25) is 4.79 Å². The first-order valence-electron chi connectivity index (χ1n) is 6.07. The quantitative estimate of drug-likeness (QED) is 0.738. The summed E-state index contributed by atoms with van der Waals surface area (Å²) in [5, 5.41) is -0.0925. The standard InChI is InChI=1S/C12H16ClFN2O4S/c1-3-15-21(18,19)16-11(7-12(17)20-2)8-4-5-9(13)10(14)6-8/h4-6,11,15-16H,3,7H2,1-2H3. The number of hydrogen-bond acceptors (Lipinski definition) is 4. The van der Waals surface area contributed by atoms with Crippen molar-refractivity contribution in [2.45, 2.75) is 19.4 Å². The lowest BCUT2D eigenvalue weighted by Crippen LogP contribution is -2.39. The molecule has 0 aliphatic rings. The van der Waals surface area contributed by atoms with E-state index in [1.54, 1.807) is 6.92 Å². The number of rotatable bonds is 7. The molecular formula is C12H16ClFN2O4S. The Morgan fingerprint density at radius 3 is 2.67 bits per heavy atom. The zero-order valence-corrected chi connectivity index (χ0v) is 13.1. The Kier molecular flexibility index (Phi) is 6.53. The third-order valence-electron chi connectivity index (χ3n) is 2.58. The van der Waals surface area contributed by atoms with Gasteiger partial charge in [0.05, 0.1) is 24.6 Å². The normalized spacial score (nSPS) is 13.0. The topological polar surface area (TPSA) is 84.5 Å². The lowest BCUT2D eigenvalue weighted by Gasteiger charge is -2.18. The molecule has 0 heterocycles. The highest BCUT2D eigenvalue weighted by molar-refractivity contribution is 7.87. The van der Waals surface area contributed by atoms with Crippen LogP contribution in [0.25, 0.3) is 0 Å². The number of hydrogen-bond donors (Lipinski definition) is 2. The molecule has 1 aromatic carbocycles. The van der Waals surface area contributed by atoms with E-state index >= 15 is 0 Å². The second-order valence-corrected chi connectivity index (χ2v) is 6.06. The highest BCUT2D eigenvalue weighted by Gasteiger charge is 2.23. The summed E-state index contributed by atoms with van der Waals surface area (Å²) in [7, 11) is -2.64. The number of carbonyl (C=O) groups excluding carboxylic acids is 1. The van der Waals surface area contributed by atoms with Crippen LogP contribution in [0.2, 0.25) is 5.02 Å². The largest absolute Gasteiger partial charge is 0.469 e. The molecule has 0 saturated carbocycles. The Hall–Kier alpha value is -1.22. The van der Waals surface area contributed by atoms with E-state index in [9.17, 15) is 17.6 Å². The fourth-order valence-corrected chi connectivity index (χ4v) is 2.80. The van der Waals surface area contributed by atoms with Gasteiger partial charge in [-0.2, -0.15) is 13.1 Å². The van der Waals surface area contributed by atoms with Crippen LogP contribution in [0, 0.1) is 5.82 Å². The lowest BCUT2D eigenvalue weighted by molar-refractivity contribution is -0.141. The van der Waals surface area contributed by atoms with Crippen LogP contribution in [-0.2, 0) is 19.7 Å². The van der Waals surface area contributed by atoms with Gasteiger partial charge in [-0.25, -0.2) is 9.11 Å². The van der Waals surface area contributed by atoms with Gasteiger partial charge in [-0.05, 0) is 17.7 Å². The second-order valence-electron chi connectivity index (χ2n) is 4.13. The molecule has 1 rings (SSSR count). The number of ether oxygens (including phenoxy) is 1. The molecule has 0 aliphatic heterocycles. The van der Waals surface area contributed by atoms with Crippen molar-refractivity contribution < 1.29 is 22.3 Å². The van der Waals surface area contributed by atoms with Crippen LogP contribution < -0.4 is 9.44 Å². The third kappa shape index (κ3) is 5.58. The Morgan fingerprint density at radius 1 is 1.48 bits per heavy atom. The zero-order valence-electron chi connectivity index (χ0n) is 11.5. The van der Waals surface area contributed by atoms with Crippen molar-refractivity contribution in [3.05, 3.63) is 34.6 Å². The Balaban J connectivity index is 3.06. The highest BCUT2D eigenvalue weighted by atomic mass is 35.5. The van der Waals surface area contributed by atoms with Gasteiger partial charge in [-0.1, -0.05) is 24.6 Å². The van der Waals surface area contributed by atoms with E-state index < -0.39 is 28.0 Å². The van der Waals surface area contributed by atoms with E-state index in [0.29, 0.717) is 0 Å². The fourth-order valence-electron chi connectivity index (χ4n) is 1.63. The average molecular weight is 339 g/mol.